The molecule has 0 aromatic heterocycles. The van der Waals surface area contributed by atoms with Crippen molar-refractivity contribution in [3.05, 3.63) is 48.6 Å². The van der Waals surface area contributed by atoms with Crippen LogP contribution in [-0.4, -0.2) is 33.5 Å². The summed E-state index contributed by atoms with van der Waals surface area (Å²) in [6.07, 6.45) is 22.5. The highest BCUT2D eigenvalue weighted by molar-refractivity contribution is 5.80. The molecular weight excluding hydrogens is 328 g/mol. The van der Waals surface area contributed by atoms with Crippen molar-refractivity contribution in [3.8, 4) is 0 Å². The maximum Gasteiger partial charge on any atom is 0.328 e. The molecule has 0 fully saturated rings. The number of hydrogen-bond acceptors (Lipinski definition) is 3. The Labute approximate surface area is 158 Å². The first-order chi connectivity index (χ1) is 12.6. The highest BCUT2D eigenvalue weighted by atomic mass is 16.4. The van der Waals surface area contributed by atoms with E-state index < -0.39 is 12.1 Å². The van der Waals surface area contributed by atoms with Crippen molar-refractivity contribution in [2.75, 3.05) is 0 Å². The number of unbranched alkanes of at least 4 members (excludes halogenated alkanes) is 5. The van der Waals surface area contributed by atoms with Gasteiger partial charge in [0.15, 0.2) is 0 Å². The molecule has 0 aliphatic heterocycles. The van der Waals surface area contributed by atoms with Crippen molar-refractivity contribution < 1.29 is 20.1 Å². The van der Waals surface area contributed by atoms with Gasteiger partial charge in [-0.1, -0.05) is 81.6 Å². The molecule has 0 rings (SSSR count). The van der Waals surface area contributed by atoms with E-state index in [1.165, 1.54) is 31.8 Å². The molecule has 0 saturated carbocycles. The molecule has 0 amide bonds. The van der Waals surface area contributed by atoms with Crippen LogP contribution >= 0.6 is 0 Å². The van der Waals surface area contributed by atoms with Gasteiger partial charge in [-0.2, -0.15) is 0 Å². The number of carboxylic acid groups (broad SMARTS) is 1. The lowest BCUT2D eigenvalue weighted by Crippen LogP contribution is -2.17. The second kappa shape index (κ2) is 18.2. The zero-order chi connectivity index (χ0) is 19.5. The van der Waals surface area contributed by atoms with Gasteiger partial charge in [-0.3, -0.25) is 0 Å². The number of aliphatic hydroxyl groups is 2. The van der Waals surface area contributed by atoms with Crippen molar-refractivity contribution in [1.29, 1.82) is 0 Å². The van der Waals surface area contributed by atoms with Gasteiger partial charge in [-0.15, -0.1) is 0 Å². The second-order valence-electron chi connectivity index (χ2n) is 6.57. The van der Waals surface area contributed by atoms with Crippen LogP contribution in [0.15, 0.2) is 48.6 Å². The fourth-order valence-electron chi connectivity index (χ4n) is 2.57. The Morgan fingerprint density at radius 2 is 1.38 bits per heavy atom. The largest absolute Gasteiger partial charge is 0.478 e. The number of carboxylic acids is 1. The van der Waals surface area contributed by atoms with Gasteiger partial charge in [-0.25, -0.2) is 4.79 Å². The highest BCUT2D eigenvalue weighted by Crippen LogP contribution is 2.13. The first kappa shape index (κ1) is 24.4. The molecule has 4 nitrogen and oxygen atoms in total. The van der Waals surface area contributed by atoms with Crippen LogP contribution in [0.25, 0.3) is 0 Å². The Kier molecular flexibility index (Phi) is 17.0. The van der Waals surface area contributed by atoms with E-state index in [9.17, 15) is 15.0 Å². The molecule has 0 aromatic rings. The lowest BCUT2D eigenvalue weighted by Gasteiger charge is -2.15. The smallest absolute Gasteiger partial charge is 0.328 e. The minimum absolute atomic E-state index is 0.382. The summed E-state index contributed by atoms with van der Waals surface area (Å²) in [7, 11) is 0. The standard InChI is InChI=1S/C22H36O4/c1-2-3-4-10-13-16-20(23)19-21(24)17-14-11-8-6-5-7-9-12-15-18-22(25)26/h5-9,12,15,18,20-21,23-24H,2-4,10-11,13-14,16-17,19H2,1H3,(H,25,26). The predicted octanol–water partition coefficient (Wildman–Crippen LogP) is 4.94. The molecule has 0 aliphatic carbocycles. The number of allylic oxidation sites excluding steroid dienone is 7. The molecule has 148 valence electrons. The summed E-state index contributed by atoms with van der Waals surface area (Å²) < 4.78 is 0. The number of carbonyl (C=O) groups is 1. The van der Waals surface area contributed by atoms with Gasteiger partial charge in [0.1, 0.15) is 0 Å². The average Bonchev–Trinajstić information content (AvgIpc) is 2.59. The normalized spacial score (nSPS) is 14.9. The average molecular weight is 365 g/mol. The molecule has 4 heteroatoms. The third kappa shape index (κ3) is 18.7. The van der Waals surface area contributed by atoms with Crippen LogP contribution in [0.3, 0.4) is 0 Å². The number of aliphatic hydroxyl groups excluding tert-OH is 2. The van der Waals surface area contributed by atoms with Crippen LogP contribution in [0.5, 0.6) is 0 Å². The quantitative estimate of drug-likeness (QED) is 0.206. The van der Waals surface area contributed by atoms with Crippen LogP contribution in [0.2, 0.25) is 0 Å². The maximum atomic E-state index is 10.2. The highest BCUT2D eigenvalue weighted by Gasteiger charge is 2.11. The van der Waals surface area contributed by atoms with Crippen molar-refractivity contribution in [2.45, 2.75) is 83.3 Å². The van der Waals surface area contributed by atoms with E-state index in [4.69, 9.17) is 5.11 Å². The molecule has 2 unspecified atom stereocenters. The lowest BCUT2D eigenvalue weighted by atomic mass is 10.0. The molecule has 0 aliphatic rings. The van der Waals surface area contributed by atoms with Crippen LogP contribution in [0.1, 0.15) is 71.1 Å². The topological polar surface area (TPSA) is 77.8 Å². The fraction of sp³-hybridized carbons (Fsp3) is 0.591. The van der Waals surface area contributed by atoms with E-state index in [2.05, 4.69) is 6.92 Å². The summed E-state index contributed by atoms with van der Waals surface area (Å²) >= 11 is 0. The number of rotatable bonds is 16. The van der Waals surface area contributed by atoms with Gasteiger partial charge in [0.2, 0.25) is 0 Å². The molecule has 0 bridgehead atoms. The zero-order valence-electron chi connectivity index (χ0n) is 16.1. The van der Waals surface area contributed by atoms with Crippen LogP contribution in [0, 0.1) is 0 Å². The van der Waals surface area contributed by atoms with Gasteiger partial charge in [-0.05, 0) is 32.1 Å². The summed E-state index contributed by atoms with van der Waals surface area (Å²) in [5.41, 5.74) is 0. The van der Waals surface area contributed by atoms with Gasteiger partial charge >= 0.3 is 5.97 Å². The van der Waals surface area contributed by atoms with Crippen molar-refractivity contribution in [3.63, 3.8) is 0 Å². The van der Waals surface area contributed by atoms with Crippen molar-refractivity contribution >= 4 is 5.97 Å². The fourth-order valence-corrected chi connectivity index (χ4v) is 2.57. The Morgan fingerprint density at radius 3 is 2.04 bits per heavy atom. The number of hydrogen-bond donors (Lipinski definition) is 3. The zero-order valence-corrected chi connectivity index (χ0v) is 16.1. The summed E-state index contributed by atoms with van der Waals surface area (Å²) in [6.45, 7) is 2.19. The van der Waals surface area contributed by atoms with Gasteiger partial charge in [0.25, 0.3) is 0 Å². The minimum Gasteiger partial charge on any atom is -0.478 e. The van der Waals surface area contributed by atoms with Crippen LogP contribution < -0.4 is 0 Å². The minimum atomic E-state index is -0.958. The van der Waals surface area contributed by atoms with E-state index in [0.29, 0.717) is 12.8 Å². The van der Waals surface area contributed by atoms with Gasteiger partial charge < -0.3 is 15.3 Å². The van der Waals surface area contributed by atoms with Gasteiger partial charge in [0, 0.05) is 6.08 Å². The maximum absolute atomic E-state index is 10.2. The van der Waals surface area contributed by atoms with E-state index in [1.54, 1.807) is 12.2 Å². The summed E-state index contributed by atoms with van der Waals surface area (Å²) in [4.78, 5) is 10.2. The Balaban J connectivity index is 3.65. The van der Waals surface area contributed by atoms with E-state index in [-0.39, 0.29) is 6.10 Å². The van der Waals surface area contributed by atoms with Crippen LogP contribution in [-0.2, 0) is 4.79 Å². The van der Waals surface area contributed by atoms with Gasteiger partial charge in [0.05, 0.1) is 12.2 Å². The molecule has 2 atom stereocenters. The molecule has 26 heavy (non-hydrogen) atoms. The molecule has 0 aromatic carbocycles. The van der Waals surface area contributed by atoms with Crippen molar-refractivity contribution in [2.24, 2.45) is 0 Å². The van der Waals surface area contributed by atoms with E-state index >= 15 is 0 Å². The Hall–Kier alpha value is -1.65. The molecule has 0 heterocycles. The monoisotopic (exact) mass is 364 g/mol. The SMILES string of the molecule is CCCCCCCC(O)CC(O)CCCC=CC=CC=CC=CC(=O)O. The summed E-state index contributed by atoms with van der Waals surface area (Å²) in [5, 5.41) is 28.3. The van der Waals surface area contributed by atoms with Crippen LogP contribution in [0.4, 0.5) is 0 Å². The van der Waals surface area contributed by atoms with E-state index in [0.717, 1.165) is 31.8 Å². The summed E-state index contributed by atoms with van der Waals surface area (Å²) in [6, 6.07) is 0. The molecule has 3 N–H and O–H groups in total. The van der Waals surface area contributed by atoms with E-state index in [1.807, 2.05) is 24.3 Å². The summed E-state index contributed by atoms with van der Waals surface area (Å²) in [5.74, 6) is -0.958. The van der Waals surface area contributed by atoms with Crippen molar-refractivity contribution in [1.82, 2.24) is 0 Å². The third-order valence-electron chi connectivity index (χ3n) is 4.02. The Bertz CT molecular complexity index is 449. The molecule has 0 spiro atoms. The second-order valence-corrected chi connectivity index (χ2v) is 6.57. The first-order valence-electron chi connectivity index (χ1n) is 9.81. The number of aliphatic carboxylic acids is 1. The third-order valence-corrected chi connectivity index (χ3v) is 4.02. The lowest BCUT2D eigenvalue weighted by molar-refractivity contribution is -0.131. The Morgan fingerprint density at radius 1 is 0.808 bits per heavy atom. The molecule has 0 radical (unpaired) electrons. The molecular formula is C22H36O4. The first-order valence-corrected chi connectivity index (χ1v) is 9.81. The predicted molar refractivity (Wildman–Crippen MR) is 108 cm³/mol. The molecule has 0 saturated heterocycles.